The summed E-state index contributed by atoms with van der Waals surface area (Å²) < 4.78 is 7.85. The van der Waals surface area contributed by atoms with E-state index in [1.807, 2.05) is 42.5 Å². The molecule has 3 rings (SSSR count). The van der Waals surface area contributed by atoms with Crippen LogP contribution in [-0.4, -0.2) is 21.9 Å². The average molecular weight is 324 g/mol. The minimum Gasteiger partial charge on any atom is -0.494 e. The molecule has 3 nitrogen and oxygen atoms in total. The van der Waals surface area contributed by atoms with E-state index in [1.54, 1.807) is 6.20 Å². The summed E-state index contributed by atoms with van der Waals surface area (Å²) >= 11 is 1.87. The monoisotopic (exact) mass is 324 g/mol. The van der Waals surface area contributed by atoms with E-state index < -0.39 is 0 Å². The summed E-state index contributed by atoms with van der Waals surface area (Å²) in [5, 5.41) is 0. The first-order valence-electron chi connectivity index (χ1n) is 7.75. The first-order chi connectivity index (χ1) is 11.4. The Morgan fingerprint density at radius 2 is 1.83 bits per heavy atom. The van der Waals surface area contributed by atoms with Crippen LogP contribution in [0.1, 0.15) is 12.0 Å². The van der Waals surface area contributed by atoms with Gasteiger partial charge in [0.05, 0.1) is 12.9 Å². The minimum atomic E-state index is 0.751. The van der Waals surface area contributed by atoms with Crippen LogP contribution in [0.3, 0.4) is 0 Å². The number of rotatable bonds is 8. The summed E-state index contributed by atoms with van der Waals surface area (Å²) in [5.41, 5.74) is 1.25. The van der Waals surface area contributed by atoms with Crippen LogP contribution in [0, 0.1) is 0 Å². The second-order valence-electron chi connectivity index (χ2n) is 5.24. The molecule has 0 atom stereocenters. The number of aromatic nitrogens is 2. The molecule has 1 heterocycles. The lowest BCUT2D eigenvalue weighted by Gasteiger charge is -2.08. The predicted molar refractivity (Wildman–Crippen MR) is 95.0 cm³/mol. The molecule has 0 spiro atoms. The topological polar surface area (TPSA) is 27.1 Å². The van der Waals surface area contributed by atoms with Crippen molar-refractivity contribution in [3.8, 4) is 5.75 Å². The van der Waals surface area contributed by atoms with Crippen molar-refractivity contribution < 1.29 is 4.74 Å². The van der Waals surface area contributed by atoms with Gasteiger partial charge in [-0.05, 0) is 36.2 Å². The molecule has 118 valence electrons. The SMILES string of the molecule is c1ccc(SCCCOc2ccc(Cn3ccnc3)cc2)cc1. The molecular formula is C19H20N2OS. The maximum Gasteiger partial charge on any atom is 0.119 e. The number of ether oxygens (including phenoxy) is 1. The quantitative estimate of drug-likeness (QED) is 0.451. The number of imidazole rings is 1. The third-order valence-corrected chi connectivity index (χ3v) is 4.52. The van der Waals surface area contributed by atoms with Gasteiger partial charge in [0.2, 0.25) is 0 Å². The number of nitrogens with zero attached hydrogens (tertiary/aromatic N) is 2. The second kappa shape index (κ2) is 8.44. The molecule has 0 unspecified atom stereocenters. The fourth-order valence-corrected chi connectivity index (χ4v) is 3.09. The van der Waals surface area contributed by atoms with Gasteiger partial charge in [0.15, 0.2) is 0 Å². The molecule has 0 aliphatic rings. The molecule has 2 aromatic carbocycles. The molecular weight excluding hydrogens is 304 g/mol. The van der Waals surface area contributed by atoms with Crippen LogP contribution in [-0.2, 0) is 6.54 Å². The smallest absolute Gasteiger partial charge is 0.119 e. The van der Waals surface area contributed by atoms with E-state index in [0.717, 1.165) is 31.1 Å². The van der Waals surface area contributed by atoms with Gasteiger partial charge in [0.25, 0.3) is 0 Å². The van der Waals surface area contributed by atoms with Crippen molar-refractivity contribution in [2.24, 2.45) is 0 Å². The molecule has 3 aromatic rings. The molecule has 0 bridgehead atoms. The van der Waals surface area contributed by atoms with E-state index in [1.165, 1.54) is 10.5 Å². The molecule has 0 N–H and O–H groups in total. The first-order valence-corrected chi connectivity index (χ1v) is 8.74. The molecule has 0 radical (unpaired) electrons. The Balaban J connectivity index is 1.37. The van der Waals surface area contributed by atoms with Crippen LogP contribution in [0.15, 0.2) is 78.2 Å². The van der Waals surface area contributed by atoms with Crippen LogP contribution in [0.5, 0.6) is 5.75 Å². The van der Waals surface area contributed by atoms with E-state index in [9.17, 15) is 0 Å². The van der Waals surface area contributed by atoms with E-state index in [2.05, 4.69) is 45.9 Å². The molecule has 1 aromatic heterocycles. The third kappa shape index (κ3) is 5.18. The summed E-state index contributed by atoms with van der Waals surface area (Å²) in [6.07, 6.45) is 6.63. The summed E-state index contributed by atoms with van der Waals surface area (Å²) in [4.78, 5) is 5.37. The maximum atomic E-state index is 5.80. The standard InChI is InChI=1S/C19H20N2OS/c1-2-5-19(6-3-1)23-14-4-13-22-18-9-7-17(8-10-18)15-21-12-11-20-16-21/h1-3,5-12,16H,4,13-15H2. The molecule has 0 saturated carbocycles. The number of hydrogen-bond donors (Lipinski definition) is 0. The van der Waals surface area contributed by atoms with Crippen LogP contribution in [0.25, 0.3) is 0 Å². The lowest BCUT2D eigenvalue weighted by Crippen LogP contribution is -2.00. The number of benzene rings is 2. The fourth-order valence-electron chi connectivity index (χ4n) is 2.24. The van der Waals surface area contributed by atoms with Gasteiger partial charge in [-0.3, -0.25) is 0 Å². The summed E-state index contributed by atoms with van der Waals surface area (Å²) in [6.45, 7) is 1.59. The number of hydrogen-bond acceptors (Lipinski definition) is 3. The fraction of sp³-hybridized carbons (Fsp3) is 0.211. The van der Waals surface area contributed by atoms with Gasteiger partial charge < -0.3 is 9.30 Å². The highest BCUT2D eigenvalue weighted by atomic mass is 32.2. The van der Waals surface area contributed by atoms with Crippen molar-refractivity contribution in [1.82, 2.24) is 9.55 Å². The molecule has 0 fully saturated rings. The zero-order valence-electron chi connectivity index (χ0n) is 13.0. The van der Waals surface area contributed by atoms with Gasteiger partial charge in [-0.15, -0.1) is 11.8 Å². The number of thioether (sulfide) groups is 1. The third-order valence-electron chi connectivity index (χ3n) is 3.42. The van der Waals surface area contributed by atoms with Crippen molar-refractivity contribution in [2.45, 2.75) is 17.9 Å². The predicted octanol–water partition coefficient (Wildman–Crippen LogP) is 4.49. The van der Waals surface area contributed by atoms with Crippen molar-refractivity contribution in [2.75, 3.05) is 12.4 Å². The van der Waals surface area contributed by atoms with E-state index in [-0.39, 0.29) is 0 Å². The Morgan fingerprint density at radius 3 is 2.57 bits per heavy atom. The molecule has 0 aliphatic carbocycles. The summed E-state index contributed by atoms with van der Waals surface area (Å²) in [7, 11) is 0. The Kier molecular flexibility index (Phi) is 5.75. The molecule has 4 heteroatoms. The average Bonchev–Trinajstić information content (AvgIpc) is 3.10. The zero-order valence-corrected chi connectivity index (χ0v) is 13.8. The highest BCUT2D eigenvalue weighted by molar-refractivity contribution is 7.99. The van der Waals surface area contributed by atoms with Crippen molar-refractivity contribution >= 4 is 11.8 Å². The largest absolute Gasteiger partial charge is 0.494 e. The Morgan fingerprint density at radius 1 is 1.00 bits per heavy atom. The lowest BCUT2D eigenvalue weighted by molar-refractivity contribution is 0.318. The van der Waals surface area contributed by atoms with Gasteiger partial charge in [0.1, 0.15) is 5.75 Å². The van der Waals surface area contributed by atoms with Crippen LogP contribution >= 0.6 is 11.8 Å². The van der Waals surface area contributed by atoms with Crippen molar-refractivity contribution in [3.05, 3.63) is 78.9 Å². The normalized spacial score (nSPS) is 10.6. The van der Waals surface area contributed by atoms with Crippen LogP contribution in [0.2, 0.25) is 0 Å². The highest BCUT2D eigenvalue weighted by Crippen LogP contribution is 2.18. The van der Waals surface area contributed by atoms with E-state index in [4.69, 9.17) is 4.74 Å². The van der Waals surface area contributed by atoms with Gasteiger partial charge >= 0.3 is 0 Å². The highest BCUT2D eigenvalue weighted by Gasteiger charge is 1.98. The van der Waals surface area contributed by atoms with E-state index in [0.29, 0.717) is 0 Å². The van der Waals surface area contributed by atoms with Gasteiger partial charge in [-0.2, -0.15) is 0 Å². The van der Waals surface area contributed by atoms with Crippen molar-refractivity contribution in [1.29, 1.82) is 0 Å². The maximum absolute atomic E-state index is 5.80. The molecule has 23 heavy (non-hydrogen) atoms. The van der Waals surface area contributed by atoms with Gasteiger partial charge in [0, 0.05) is 29.6 Å². The van der Waals surface area contributed by atoms with Crippen molar-refractivity contribution in [3.63, 3.8) is 0 Å². The summed E-state index contributed by atoms with van der Waals surface area (Å²) in [6, 6.07) is 18.8. The first kappa shape index (κ1) is 15.7. The van der Waals surface area contributed by atoms with Gasteiger partial charge in [-0.1, -0.05) is 30.3 Å². The zero-order chi connectivity index (χ0) is 15.7. The van der Waals surface area contributed by atoms with Gasteiger partial charge in [-0.25, -0.2) is 4.98 Å². The molecule has 0 amide bonds. The minimum absolute atomic E-state index is 0.751. The van der Waals surface area contributed by atoms with E-state index >= 15 is 0 Å². The molecule has 0 saturated heterocycles. The second-order valence-corrected chi connectivity index (χ2v) is 6.41. The van der Waals surface area contributed by atoms with Crippen LogP contribution < -0.4 is 4.74 Å². The molecule has 0 aliphatic heterocycles. The Hall–Kier alpha value is -2.20. The lowest BCUT2D eigenvalue weighted by atomic mass is 10.2. The summed E-state index contributed by atoms with van der Waals surface area (Å²) in [5.74, 6) is 2.01. The Bertz CT molecular complexity index is 681. The Labute approximate surface area is 141 Å². The van der Waals surface area contributed by atoms with Crippen LogP contribution in [0.4, 0.5) is 0 Å².